The minimum Gasteiger partial charge on any atom is -0.481 e. The first-order chi connectivity index (χ1) is 9.04. The Bertz CT molecular complexity index is 398. The number of hydrogen-bond donors (Lipinski definition) is 2. The molecule has 106 valence electrons. The summed E-state index contributed by atoms with van der Waals surface area (Å²) in [5, 5.41) is 11.5. The van der Waals surface area contributed by atoms with E-state index in [2.05, 4.69) is 5.32 Å². The van der Waals surface area contributed by atoms with Gasteiger partial charge in [0.15, 0.2) is 0 Å². The van der Waals surface area contributed by atoms with Crippen molar-refractivity contribution >= 4 is 17.8 Å². The summed E-state index contributed by atoms with van der Waals surface area (Å²) in [6, 6.07) is -0.917. The number of carbonyl (C=O) groups is 3. The number of imide groups is 1. The van der Waals surface area contributed by atoms with Crippen LogP contribution in [0, 0.1) is 5.92 Å². The maximum atomic E-state index is 11.8. The molecule has 3 atom stereocenters. The van der Waals surface area contributed by atoms with Crippen LogP contribution in [0.1, 0.15) is 19.8 Å². The standard InChI is InChI=1S/C12H18N2O5/c1-2-3-14(8-4-10(15)13-11(8)16)9-6-19-5-7(9)12(17)18/h7-9H,2-6H2,1H3,(H,17,18)(H,13,15,16). The Morgan fingerprint density at radius 2 is 2.21 bits per heavy atom. The molecule has 0 aromatic carbocycles. The number of nitrogens with zero attached hydrogens (tertiary/aromatic N) is 1. The van der Waals surface area contributed by atoms with Crippen LogP contribution >= 0.6 is 0 Å². The van der Waals surface area contributed by atoms with E-state index < -0.39 is 17.9 Å². The summed E-state index contributed by atoms with van der Waals surface area (Å²) < 4.78 is 5.24. The molecule has 2 amide bonds. The molecule has 0 spiro atoms. The summed E-state index contributed by atoms with van der Waals surface area (Å²) in [6.07, 6.45) is 0.877. The van der Waals surface area contributed by atoms with Gasteiger partial charge in [-0.05, 0) is 13.0 Å². The number of carboxylic acids is 1. The van der Waals surface area contributed by atoms with Crippen molar-refractivity contribution in [3.63, 3.8) is 0 Å². The van der Waals surface area contributed by atoms with E-state index in [4.69, 9.17) is 4.74 Å². The van der Waals surface area contributed by atoms with Crippen molar-refractivity contribution in [3.8, 4) is 0 Å². The van der Waals surface area contributed by atoms with E-state index in [1.54, 1.807) is 0 Å². The van der Waals surface area contributed by atoms with Crippen molar-refractivity contribution < 1.29 is 24.2 Å². The van der Waals surface area contributed by atoms with Crippen LogP contribution in [0.4, 0.5) is 0 Å². The van der Waals surface area contributed by atoms with E-state index in [0.29, 0.717) is 6.54 Å². The molecular weight excluding hydrogens is 252 g/mol. The summed E-state index contributed by atoms with van der Waals surface area (Å²) in [6.45, 7) is 2.97. The van der Waals surface area contributed by atoms with Crippen LogP contribution in [0.5, 0.6) is 0 Å². The lowest BCUT2D eigenvalue weighted by atomic mass is 9.99. The monoisotopic (exact) mass is 270 g/mol. The van der Waals surface area contributed by atoms with Crippen molar-refractivity contribution in [1.82, 2.24) is 10.2 Å². The third kappa shape index (κ3) is 2.76. The Morgan fingerprint density at radius 1 is 1.47 bits per heavy atom. The minimum atomic E-state index is -0.923. The van der Waals surface area contributed by atoms with Crippen LogP contribution in [0.15, 0.2) is 0 Å². The van der Waals surface area contributed by atoms with Crippen LogP contribution in [-0.2, 0) is 19.1 Å². The van der Waals surface area contributed by atoms with Gasteiger partial charge in [-0.2, -0.15) is 0 Å². The molecule has 0 aromatic rings. The van der Waals surface area contributed by atoms with Crippen molar-refractivity contribution in [3.05, 3.63) is 0 Å². The van der Waals surface area contributed by atoms with Gasteiger partial charge in [-0.1, -0.05) is 6.92 Å². The van der Waals surface area contributed by atoms with Gasteiger partial charge in [-0.3, -0.25) is 24.6 Å². The molecule has 2 fully saturated rings. The molecule has 7 nitrogen and oxygen atoms in total. The van der Waals surface area contributed by atoms with E-state index in [1.165, 1.54) is 0 Å². The molecular formula is C12H18N2O5. The molecule has 2 N–H and O–H groups in total. The second-order valence-electron chi connectivity index (χ2n) is 4.92. The minimum absolute atomic E-state index is 0.0989. The molecule has 2 rings (SSSR count). The van der Waals surface area contributed by atoms with Gasteiger partial charge in [0.1, 0.15) is 0 Å². The van der Waals surface area contributed by atoms with E-state index in [0.717, 1.165) is 6.42 Å². The average Bonchev–Trinajstić information content (AvgIpc) is 2.93. The summed E-state index contributed by atoms with van der Waals surface area (Å²) in [5.74, 6) is -2.21. The first-order valence-corrected chi connectivity index (χ1v) is 6.44. The topological polar surface area (TPSA) is 95.9 Å². The van der Waals surface area contributed by atoms with Gasteiger partial charge < -0.3 is 9.84 Å². The van der Waals surface area contributed by atoms with Gasteiger partial charge in [0, 0.05) is 6.04 Å². The maximum absolute atomic E-state index is 11.8. The number of carboxylic acid groups (broad SMARTS) is 1. The fourth-order valence-electron chi connectivity index (χ4n) is 2.72. The highest BCUT2D eigenvalue weighted by atomic mass is 16.5. The Labute approximate surface area is 110 Å². The van der Waals surface area contributed by atoms with Crippen LogP contribution in [0.2, 0.25) is 0 Å². The first-order valence-electron chi connectivity index (χ1n) is 6.44. The molecule has 2 heterocycles. The normalized spacial score (nSPS) is 30.9. The van der Waals surface area contributed by atoms with Crippen LogP contribution < -0.4 is 5.32 Å². The quantitative estimate of drug-likeness (QED) is 0.636. The zero-order valence-electron chi connectivity index (χ0n) is 10.8. The number of ether oxygens (including phenoxy) is 1. The lowest BCUT2D eigenvalue weighted by Crippen LogP contribution is -2.51. The van der Waals surface area contributed by atoms with Gasteiger partial charge in [-0.15, -0.1) is 0 Å². The number of hydrogen-bond acceptors (Lipinski definition) is 5. The Hall–Kier alpha value is -1.47. The fraction of sp³-hybridized carbons (Fsp3) is 0.750. The third-order valence-electron chi connectivity index (χ3n) is 3.62. The maximum Gasteiger partial charge on any atom is 0.310 e. The largest absolute Gasteiger partial charge is 0.481 e. The van der Waals surface area contributed by atoms with E-state index in [-0.39, 0.29) is 37.5 Å². The molecule has 0 bridgehead atoms. The number of amides is 2. The van der Waals surface area contributed by atoms with Crippen molar-refractivity contribution in [2.24, 2.45) is 5.92 Å². The number of rotatable bonds is 5. The molecule has 2 aliphatic heterocycles. The van der Waals surface area contributed by atoms with Gasteiger partial charge in [-0.25, -0.2) is 0 Å². The van der Waals surface area contributed by atoms with Crippen molar-refractivity contribution in [2.75, 3.05) is 19.8 Å². The highest BCUT2D eigenvalue weighted by Gasteiger charge is 2.44. The molecule has 2 saturated heterocycles. The number of carbonyl (C=O) groups excluding carboxylic acids is 2. The van der Waals surface area contributed by atoms with Gasteiger partial charge >= 0.3 is 5.97 Å². The highest BCUT2D eigenvalue weighted by molar-refractivity contribution is 6.05. The molecule has 7 heteroatoms. The molecule has 0 aromatic heterocycles. The molecule has 2 aliphatic rings. The molecule has 3 unspecified atom stereocenters. The summed E-state index contributed by atoms with van der Waals surface area (Å²) >= 11 is 0. The van der Waals surface area contributed by atoms with Gasteiger partial charge in [0.25, 0.3) is 0 Å². The number of nitrogens with one attached hydrogen (secondary N) is 1. The smallest absolute Gasteiger partial charge is 0.310 e. The van der Waals surface area contributed by atoms with E-state index in [1.807, 2.05) is 11.8 Å². The number of aliphatic carboxylic acids is 1. The summed E-state index contributed by atoms with van der Waals surface area (Å²) in [4.78, 5) is 36.1. The van der Waals surface area contributed by atoms with Gasteiger partial charge in [0.2, 0.25) is 11.8 Å². The van der Waals surface area contributed by atoms with Crippen molar-refractivity contribution in [1.29, 1.82) is 0 Å². The Balaban J connectivity index is 2.17. The molecule has 0 saturated carbocycles. The van der Waals surface area contributed by atoms with Crippen LogP contribution in [-0.4, -0.2) is 59.6 Å². The van der Waals surface area contributed by atoms with Gasteiger partial charge in [0.05, 0.1) is 31.6 Å². The summed E-state index contributed by atoms with van der Waals surface area (Å²) in [7, 11) is 0. The first kappa shape index (κ1) is 14.0. The second-order valence-corrected chi connectivity index (χ2v) is 4.92. The molecule has 0 aliphatic carbocycles. The average molecular weight is 270 g/mol. The second kappa shape index (κ2) is 5.66. The van der Waals surface area contributed by atoms with E-state index in [9.17, 15) is 19.5 Å². The zero-order valence-corrected chi connectivity index (χ0v) is 10.8. The zero-order chi connectivity index (χ0) is 14.0. The van der Waals surface area contributed by atoms with Crippen LogP contribution in [0.3, 0.4) is 0 Å². The SMILES string of the molecule is CCCN(C1CC(=O)NC1=O)C1COCC1C(=O)O. The lowest BCUT2D eigenvalue weighted by Gasteiger charge is -2.33. The predicted molar refractivity (Wildman–Crippen MR) is 64.3 cm³/mol. The predicted octanol–water partition coefficient (Wildman–Crippen LogP) is -0.787. The summed E-state index contributed by atoms with van der Waals surface area (Å²) in [5.41, 5.74) is 0. The lowest BCUT2D eigenvalue weighted by molar-refractivity contribution is -0.144. The Morgan fingerprint density at radius 3 is 2.74 bits per heavy atom. The van der Waals surface area contributed by atoms with Crippen molar-refractivity contribution in [2.45, 2.75) is 31.8 Å². The molecule has 19 heavy (non-hydrogen) atoms. The fourth-order valence-corrected chi connectivity index (χ4v) is 2.72. The third-order valence-corrected chi connectivity index (χ3v) is 3.62. The molecule has 0 radical (unpaired) electrons. The Kier molecular flexibility index (Phi) is 4.16. The highest BCUT2D eigenvalue weighted by Crippen LogP contribution is 2.25. The van der Waals surface area contributed by atoms with E-state index >= 15 is 0 Å². The van der Waals surface area contributed by atoms with Crippen LogP contribution in [0.25, 0.3) is 0 Å².